The molecule has 1 aliphatic carbocycles. The number of rotatable bonds is 7. The number of benzene rings is 3. The Morgan fingerprint density at radius 2 is 1.50 bits per heavy atom. The van der Waals surface area contributed by atoms with Gasteiger partial charge < -0.3 is 15.7 Å². The van der Waals surface area contributed by atoms with Gasteiger partial charge in [0.05, 0.1) is 10.0 Å². The van der Waals surface area contributed by atoms with Crippen molar-refractivity contribution in [3.63, 3.8) is 0 Å². The van der Waals surface area contributed by atoms with Crippen LogP contribution in [0.1, 0.15) is 59.1 Å². The number of hydrogen-bond donors (Lipinski definition) is 3. The van der Waals surface area contributed by atoms with Gasteiger partial charge >= 0.3 is 5.97 Å². The molecule has 0 heterocycles. The summed E-state index contributed by atoms with van der Waals surface area (Å²) >= 11 is 11.9. The third kappa shape index (κ3) is 6.25. The number of anilines is 1. The van der Waals surface area contributed by atoms with Crippen LogP contribution in [-0.4, -0.2) is 22.9 Å². The highest BCUT2D eigenvalue weighted by Gasteiger charge is 2.30. The van der Waals surface area contributed by atoms with E-state index in [9.17, 15) is 19.5 Å². The van der Waals surface area contributed by atoms with Crippen molar-refractivity contribution < 1.29 is 19.5 Å². The molecule has 1 fully saturated rings. The van der Waals surface area contributed by atoms with E-state index in [1.807, 2.05) is 30.3 Å². The Morgan fingerprint density at radius 1 is 0.833 bits per heavy atom. The largest absolute Gasteiger partial charge is 0.479 e. The second kappa shape index (κ2) is 11.6. The molecule has 0 saturated heterocycles. The number of carboxylic acid groups (broad SMARTS) is 1. The maximum absolute atomic E-state index is 12.8. The van der Waals surface area contributed by atoms with Crippen LogP contribution in [0.2, 0.25) is 10.0 Å². The second-order valence-electron chi connectivity index (χ2n) is 8.94. The van der Waals surface area contributed by atoms with E-state index in [0.29, 0.717) is 45.6 Å². The summed E-state index contributed by atoms with van der Waals surface area (Å²) in [6, 6.07) is 20.1. The van der Waals surface area contributed by atoms with Crippen LogP contribution in [0.15, 0.2) is 72.8 Å². The summed E-state index contributed by atoms with van der Waals surface area (Å²) in [6.07, 6.45) is 3.03. The molecule has 8 heteroatoms. The first-order valence-electron chi connectivity index (χ1n) is 11.8. The first kappa shape index (κ1) is 25.7. The summed E-state index contributed by atoms with van der Waals surface area (Å²) in [5.41, 5.74) is 2.79. The van der Waals surface area contributed by atoms with Crippen LogP contribution in [0.25, 0.3) is 0 Å². The lowest BCUT2D eigenvalue weighted by atomic mass is 9.78. The van der Waals surface area contributed by atoms with Crippen LogP contribution in [0.4, 0.5) is 5.69 Å². The Morgan fingerprint density at radius 3 is 2.11 bits per heavy atom. The minimum absolute atomic E-state index is 0.212. The van der Waals surface area contributed by atoms with Gasteiger partial charge in [-0.15, -0.1) is 0 Å². The van der Waals surface area contributed by atoms with Crippen molar-refractivity contribution in [1.82, 2.24) is 5.32 Å². The zero-order valence-corrected chi connectivity index (χ0v) is 20.9. The highest BCUT2D eigenvalue weighted by molar-refractivity contribution is 6.42. The topological polar surface area (TPSA) is 95.5 Å². The SMILES string of the molecule is O=C(Nc1ccc([C@H]2CC[C@@H](C(=O)N[C@H](C(=O)O)c3ccccc3)CC2)cc1)c1ccc(Cl)c(Cl)c1. The van der Waals surface area contributed by atoms with Gasteiger partial charge in [-0.3, -0.25) is 9.59 Å². The van der Waals surface area contributed by atoms with Crippen LogP contribution in [0, 0.1) is 5.92 Å². The van der Waals surface area contributed by atoms with Gasteiger partial charge in [-0.05, 0) is 73.1 Å². The molecule has 2 amide bonds. The molecule has 1 atom stereocenters. The molecule has 3 aromatic carbocycles. The van der Waals surface area contributed by atoms with E-state index in [2.05, 4.69) is 10.6 Å². The van der Waals surface area contributed by atoms with Crippen LogP contribution >= 0.6 is 23.2 Å². The molecule has 186 valence electrons. The molecule has 3 aromatic rings. The maximum atomic E-state index is 12.8. The van der Waals surface area contributed by atoms with Gasteiger partial charge in [-0.25, -0.2) is 4.79 Å². The fraction of sp³-hybridized carbons (Fsp3) is 0.250. The van der Waals surface area contributed by atoms with Gasteiger partial charge in [-0.1, -0.05) is 65.7 Å². The first-order chi connectivity index (χ1) is 17.3. The van der Waals surface area contributed by atoms with Gasteiger partial charge in [-0.2, -0.15) is 0 Å². The third-order valence-corrected chi connectivity index (χ3v) is 7.33. The monoisotopic (exact) mass is 524 g/mol. The summed E-state index contributed by atoms with van der Waals surface area (Å²) in [6.45, 7) is 0. The lowest BCUT2D eigenvalue weighted by Gasteiger charge is -2.29. The molecule has 0 unspecified atom stereocenters. The average molecular weight is 525 g/mol. The number of halogens is 2. The quantitative estimate of drug-likeness (QED) is 0.330. The summed E-state index contributed by atoms with van der Waals surface area (Å²) in [4.78, 5) is 37.0. The van der Waals surface area contributed by atoms with Crippen molar-refractivity contribution in [3.05, 3.63) is 99.5 Å². The Balaban J connectivity index is 1.31. The minimum Gasteiger partial charge on any atom is -0.479 e. The normalized spacial score (nSPS) is 18.2. The van der Waals surface area contributed by atoms with Crippen molar-refractivity contribution in [2.75, 3.05) is 5.32 Å². The summed E-state index contributed by atoms with van der Waals surface area (Å²) < 4.78 is 0. The number of hydrogen-bond acceptors (Lipinski definition) is 3. The smallest absolute Gasteiger partial charge is 0.330 e. The minimum atomic E-state index is -1.07. The number of carbonyl (C=O) groups excluding carboxylic acids is 2. The molecule has 0 aliphatic heterocycles. The van der Waals surface area contributed by atoms with Crippen LogP contribution in [-0.2, 0) is 9.59 Å². The molecule has 4 rings (SSSR count). The molecule has 6 nitrogen and oxygen atoms in total. The number of aliphatic carboxylic acids is 1. The standard InChI is InChI=1S/C28H26Cl2N2O4/c29-23-15-12-21(16-24(23)30)27(34)31-22-13-10-18(11-14-22)17-6-8-20(9-7-17)26(33)32-25(28(35)36)19-4-2-1-3-5-19/h1-5,10-17,20,25H,6-9H2,(H,31,34)(H,32,33)(H,35,36)/t17-,20+,25-/m0/s1. The Bertz CT molecular complexity index is 1240. The van der Waals surface area contributed by atoms with Crippen molar-refractivity contribution >= 4 is 46.7 Å². The Hall–Kier alpha value is -3.35. The highest BCUT2D eigenvalue weighted by atomic mass is 35.5. The fourth-order valence-electron chi connectivity index (χ4n) is 4.56. The van der Waals surface area contributed by atoms with E-state index in [1.165, 1.54) is 6.07 Å². The maximum Gasteiger partial charge on any atom is 0.330 e. The number of carbonyl (C=O) groups is 3. The van der Waals surface area contributed by atoms with Crippen molar-refractivity contribution in [3.8, 4) is 0 Å². The van der Waals surface area contributed by atoms with Crippen LogP contribution in [0.3, 0.4) is 0 Å². The second-order valence-corrected chi connectivity index (χ2v) is 9.76. The van der Waals surface area contributed by atoms with E-state index in [4.69, 9.17) is 23.2 Å². The van der Waals surface area contributed by atoms with E-state index in [1.54, 1.807) is 36.4 Å². The number of carboxylic acids is 1. The van der Waals surface area contributed by atoms with E-state index < -0.39 is 12.0 Å². The molecule has 0 radical (unpaired) electrons. The van der Waals surface area contributed by atoms with Crippen molar-refractivity contribution in [1.29, 1.82) is 0 Å². The lowest BCUT2D eigenvalue weighted by Crippen LogP contribution is -2.38. The van der Waals surface area contributed by atoms with Gasteiger partial charge in [0.1, 0.15) is 0 Å². The fourth-order valence-corrected chi connectivity index (χ4v) is 4.86. The number of amides is 2. The number of nitrogens with one attached hydrogen (secondary N) is 2. The predicted molar refractivity (Wildman–Crippen MR) is 141 cm³/mol. The molecule has 1 saturated carbocycles. The molecule has 0 aromatic heterocycles. The molecule has 1 aliphatic rings. The van der Waals surface area contributed by atoms with Crippen LogP contribution in [0.5, 0.6) is 0 Å². The zero-order chi connectivity index (χ0) is 25.7. The molecule has 0 bridgehead atoms. The average Bonchev–Trinajstić information content (AvgIpc) is 2.89. The summed E-state index contributed by atoms with van der Waals surface area (Å²) in [7, 11) is 0. The molecule has 0 spiro atoms. The van der Waals surface area contributed by atoms with Gasteiger partial charge in [0.2, 0.25) is 5.91 Å². The van der Waals surface area contributed by atoms with E-state index >= 15 is 0 Å². The summed E-state index contributed by atoms with van der Waals surface area (Å²) in [5, 5.41) is 15.9. The molecular weight excluding hydrogens is 499 g/mol. The predicted octanol–water partition coefficient (Wildman–Crippen LogP) is 6.46. The zero-order valence-electron chi connectivity index (χ0n) is 19.4. The third-order valence-electron chi connectivity index (χ3n) is 6.59. The van der Waals surface area contributed by atoms with Gasteiger partial charge in [0.25, 0.3) is 5.91 Å². The van der Waals surface area contributed by atoms with Crippen LogP contribution < -0.4 is 10.6 Å². The lowest BCUT2D eigenvalue weighted by molar-refractivity contribution is -0.142. The molecular formula is C28H26Cl2N2O4. The highest BCUT2D eigenvalue weighted by Crippen LogP contribution is 2.36. The van der Waals surface area contributed by atoms with E-state index in [-0.39, 0.29) is 17.7 Å². The van der Waals surface area contributed by atoms with Crippen molar-refractivity contribution in [2.45, 2.75) is 37.6 Å². The molecule has 36 heavy (non-hydrogen) atoms. The van der Waals surface area contributed by atoms with Crippen molar-refractivity contribution in [2.24, 2.45) is 5.92 Å². The van der Waals surface area contributed by atoms with Gasteiger partial charge in [0.15, 0.2) is 6.04 Å². The first-order valence-corrected chi connectivity index (χ1v) is 12.5. The molecule has 3 N–H and O–H groups in total. The van der Waals surface area contributed by atoms with E-state index in [0.717, 1.165) is 18.4 Å². The summed E-state index contributed by atoms with van der Waals surface area (Å²) in [5.74, 6) is -1.47. The Labute approximate surface area is 219 Å². The Kier molecular flexibility index (Phi) is 8.28. The van der Waals surface area contributed by atoms with Gasteiger partial charge in [0, 0.05) is 17.2 Å².